The van der Waals surface area contributed by atoms with Crippen molar-refractivity contribution in [2.45, 2.75) is 26.7 Å². The topological polar surface area (TPSA) is 87.3 Å². The molecule has 0 aromatic rings. The maximum Gasteiger partial charge on any atom is 0.276 e. The van der Waals surface area contributed by atoms with Gasteiger partial charge in [-0.05, 0) is 12.8 Å². The largest absolute Gasteiger partial charge is 0.356 e. The Kier molecular flexibility index (Phi) is 7.27. The Morgan fingerprint density at radius 3 is 2.27 bits per heavy atom. The van der Waals surface area contributed by atoms with E-state index in [4.69, 9.17) is 0 Å². The van der Waals surface area contributed by atoms with Crippen molar-refractivity contribution < 1.29 is 13.2 Å². The van der Waals surface area contributed by atoms with Crippen molar-refractivity contribution in [1.29, 1.82) is 0 Å². The number of amides is 1. The lowest BCUT2D eigenvalue weighted by atomic mass is 10.3. The molecule has 0 bridgehead atoms. The Labute approximate surface area is 91.0 Å². The van der Waals surface area contributed by atoms with Crippen LogP contribution in [0.2, 0.25) is 0 Å². The molecule has 15 heavy (non-hydrogen) atoms. The van der Waals surface area contributed by atoms with Gasteiger partial charge in [0.15, 0.2) is 0 Å². The van der Waals surface area contributed by atoms with Crippen LogP contribution in [0.4, 0.5) is 0 Å². The van der Waals surface area contributed by atoms with Crippen LogP contribution < -0.4 is 14.8 Å². The molecule has 0 aromatic heterocycles. The van der Waals surface area contributed by atoms with Gasteiger partial charge in [0.2, 0.25) is 5.91 Å². The van der Waals surface area contributed by atoms with Gasteiger partial charge in [0.25, 0.3) is 10.2 Å². The SMILES string of the molecule is CCNS(=O)(=O)NCCCCNC(C)=O. The van der Waals surface area contributed by atoms with E-state index in [9.17, 15) is 13.2 Å². The molecule has 0 radical (unpaired) electrons. The summed E-state index contributed by atoms with van der Waals surface area (Å²) in [5.74, 6) is -0.0665. The maximum atomic E-state index is 11.1. The molecular weight excluding hydrogens is 218 g/mol. The molecule has 0 unspecified atom stereocenters. The molecule has 0 aliphatic carbocycles. The first-order valence-electron chi connectivity index (χ1n) is 4.96. The molecule has 0 fully saturated rings. The van der Waals surface area contributed by atoms with Crippen LogP contribution in [-0.2, 0) is 15.0 Å². The summed E-state index contributed by atoms with van der Waals surface area (Å²) in [7, 11) is -3.32. The summed E-state index contributed by atoms with van der Waals surface area (Å²) in [6.07, 6.45) is 1.46. The van der Waals surface area contributed by atoms with Gasteiger partial charge in [-0.25, -0.2) is 9.44 Å². The van der Waals surface area contributed by atoms with Crippen LogP contribution in [0.15, 0.2) is 0 Å². The molecule has 0 saturated heterocycles. The van der Waals surface area contributed by atoms with E-state index < -0.39 is 10.2 Å². The quantitative estimate of drug-likeness (QED) is 0.490. The Morgan fingerprint density at radius 2 is 1.73 bits per heavy atom. The molecule has 6 nitrogen and oxygen atoms in total. The van der Waals surface area contributed by atoms with Crippen LogP contribution in [0.25, 0.3) is 0 Å². The third-order valence-corrected chi connectivity index (χ3v) is 2.86. The Morgan fingerprint density at radius 1 is 1.13 bits per heavy atom. The maximum absolute atomic E-state index is 11.1. The summed E-state index contributed by atoms with van der Waals surface area (Å²) in [5, 5.41) is 2.64. The average Bonchev–Trinajstić information content (AvgIpc) is 2.10. The van der Waals surface area contributed by atoms with Gasteiger partial charge in [-0.3, -0.25) is 4.79 Å². The number of carbonyl (C=O) groups excluding carboxylic acids is 1. The lowest BCUT2D eigenvalue weighted by Crippen LogP contribution is -2.37. The number of unbranched alkanes of at least 4 members (excludes halogenated alkanes) is 1. The summed E-state index contributed by atoms with van der Waals surface area (Å²) in [4.78, 5) is 10.5. The van der Waals surface area contributed by atoms with Crippen LogP contribution in [0.1, 0.15) is 26.7 Å². The fraction of sp³-hybridized carbons (Fsp3) is 0.875. The van der Waals surface area contributed by atoms with Crippen molar-refractivity contribution in [1.82, 2.24) is 14.8 Å². The first-order chi connectivity index (χ1) is 6.98. The predicted molar refractivity (Wildman–Crippen MR) is 58.5 cm³/mol. The third kappa shape index (κ3) is 9.64. The van der Waals surface area contributed by atoms with Crippen LogP contribution in [-0.4, -0.2) is 34.0 Å². The second-order valence-corrected chi connectivity index (χ2v) is 4.67. The highest BCUT2D eigenvalue weighted by Crippen LogP contribution is 1.86. The minimum atomic E-state index is -3.32. The summed E-state index contributed by atoms with van der Waals surface area (Å²) >= 11 is 0. The van der Waals surface area contributed by atoms with E-state index in [0.717, 1.165) is 6.42 Å². The minimum Gasteiger partial charge on any atom is -0.356 e. The van der Waals surface area contributed by atoms with Crippen molar-refractivity contribution in [2.75, 3.05) is 19.6 Å². The fourth-order valence-electron chi connectivity index (χ4n) is 0.962. The van der Waals surface area contributed by atoms with Crippen molar-refractivity contribution in [3.05, 3.63) is 0 Å². The van der Waals surface area contributed by atoms with Gasteiger partial charge in [-0.2, -0.15) is 8.42 Å². The van der Waals surface area contributed by atoms with Gasteiger partial charge in [0, 0.05) is 26.6 Å². The van der Waals surface area contributed by atoms with Gasteiger partial charge < -0.3 is 5.32 Å². The molecule has 0 spiro atoms. The van der Waals surface area contributed by atoms with Crippen LogP contribution in [0.5, 0.6) is 0 Å². The fourth-order valence-corrected chi connectivity index (χ4v) is 1.86. The van der Waals surface area contributed by atoms with Gasteiger partial charge >= 0.3 is 0 Å². The Bertz CT molecular complexity index is 277. The Hall–Kier alpha value is -0.660. The molecule has 1 amide bonds. The van der Waals surface area contributed by atoms with E-state index in [-0.39, 0.29) is 5.91 Å². The highest BCUT2D eigenvalue weighted by Gasteiger charge is 2.05. The first kappa shape index (κ1) is 14.3. The highest BCUT2D eigenvalue weighted by atomic mass is 32.2. The van der Waals surface area contributed by atoms with Gasteiger partial charge in [-0.15, -0.1) is 0 Å². The first-order valence-corrected chi connectivity index (χ1v) is 6.45. The molecule has 0 saturated carbocycles. The summed E-state index contributed by atoms with van der Waals surface area (Å²) in [6.45, 7) is 4.51. The number of hydrogen-bond donors (Lipinski definition) is 3. The zero-order valence-electron chi connectivity index (χ0n) is 9.17. The molecule has 0 aliphatic heterocycles. The Balaban J connectivity index is 3.42. The molecular formula is C8H19N3O3S. The zero-order valence-corrected chi connectivity index (χ0v) is 9.99. The molecule has 0 aliphatic rings. The molecule has 3 N–H and O–H groups in total. The molecule has 0 heterocycles. The summed E-state index contributed by atoms with van der Waals surface area (Å²) in [6, 6.07) is 0. The summed E-state index contributed by atoms with van der Waals surface area (Å²) in [5.41, 5.74) is 0. The zero-order chi connectivity index (χ0) is 11.7. The third-order valence-electron chi connectivity index (χ3n) is 1.60. The second-order valence-electron chi connectivity index (χ2n) is 3.09. The number of hydrogen-bond acceptors (Lipinski definition) is 3. The number of carbonyl (C=O) groups is 1. The van der Waals surface area contributed by atoms with Gasteiger partial charge in [0.1, 0.15) is 0 Å². The lowest BCUT2D eigenvalue weighted by Gasteiger charge is -2.06. The standard InChI is InChI=1S/C8H19N3O3S/c1-3-10-15(13,14)11-7-5-4-6-9-8(2)12/h10-11H,3-7H2,1-2H3,(H,9,12). The van der Waals surface area contributed by atoms with E-state index in [1.807, 2.05) is 0 Å². The van der Waals surface area contributed by atoms with Gasteiger partial charge in [0.05, 0.1) is 0 Å². The van der Waals surface area contributed by atoms with Gasteiger partial charge in [-0.1, -0.05) is 6.92 Å². The van der Waals surface area contributed by atoms with Crippen LogP contribution in [0, 0.1) is 0 Å². The van der Waals surface area contributed by atoms with Crippen molar-refractivity contribution in [3.63, 3.8) is 0 Å². The van der Waals surface area contributed by atoms with E-state index in [2.05, 4.69) is 14.8 Å². The van der Waals surface area contributed by atoms with Crippen LogP contribution >= 0.6 is 0 Å². The number of nitrogens with one attached hydrogen (secondary N) is 3. The molecule has 0 aromatic carbocycles. The average molecular weight is 237 g/mol. The van der Waals surface area contributed by atoms with Crippen molar-refractivity contribution in [3.8, 4) is 0 Å². The monoisotopic (exact) mass is 237 g/mol. The second kappa shape index (κ2) is 7.61. The summed E-state index contributed by atoms with van der Waals surface area (Å²) < 4.78 is 26.9. The minimum absolute atomic E-state index is 0.0665. The van der Waals surface area contributed by atoms with Crippen molar-refractivity contribution >= 4 is 16.1 Å². The molecule has 0 rings (SSSR count). The van der Waals surface area contributed by atoms with Crippen LogP contribution in [0.3, 0.4) is 0 Å². The molecule has 90 valence electrons. The van der Waals surface area contributed by atoms with E-state index in [1.165, 1.54) is 6.92 Å². The van der Waals surface area contributed by atoms with Crippen molar-refractivity contribution in [2.24, 2.45) is 0 Å². The number of rotatable bonds is 8. The lowest BCUT2D eigenvalue weighted by molar-refractivity contribution is -0.118. The normalized spacial score (nSPS) is 11.3. The molecule has 7 heteroatoms. The van der Waals surface area contributed by atoms with E-state index in [1.54, 1.807) is 6.92 Å². The highest BCUT2D eigenvalue weighted by molar-refractivity contribution is 7.87. The smallest absolute Gasteiger partial charge is 0.276 e. The van der Waals surface area contributed by atoms with E-state index >= 15 is 0 Å². The van der Waals surface area contributed by atoms with E-state index in [0.29, 0.717) is 26.1 Å². The predicted octanol–water partition coefficient (Wildman–Crippen LogP) is -0.653. The molecule has 0 atom stereocenters.